The molecular weight excluding hydrogens is 412 g/mol. The van der Waals surface area contributed by atoms with E-state index in [9.17, 15) is 14.7 Å². The summed E-state index contributed by atoms with van der Waals surface area (Å²) in [4.78, 5) is 36.7. The molecule has 0 radical (unpaired) electrons. The largest absolute Gasteiger partial charge is 0.392 e. The van der Waals surface area contributed by atoms with Crippen LogP contribution in [0.5, 0.6) is 0 Å². The number of benzene rings is 1. The van der Waals surface area contributed by atoms with E-state index in [0.717, 1.165) is 43.3 Å². The van der Waals surface area contributed by atoms with Gasteiger partial charge in [-0.3, -0.25) is 9.59 Å². The van der Waals surface area contributed by atoms with Crippen LogP contribution in [0.1, 0.15) is 31.9 Å². The first-order chi connectivity index (χ1) is 14.9. The van der Waals surface area contributed by atoms with E-state index in [0.29, 0.717) is 25.1 Å². The number of rotatable bonds is 2. The van der Waals surface area contributed by atoms with Gasteiger partial charge in [0.15, 0.2) is 0 Å². The molecule has 1 N–H and O–H groups in total. The number of nitrogens with zero attached hydrogens (tertiary/aromatic N) is 4. The van der Waals surface area contributed by atoms with Gasteiger partial charge >= 0.3 is 0 Å². The lowest BCUT2D eigenvalue weighted by atomic mass is 10.0. The minimum absolute atomic E-state index is 0.0840. The Labute approximate surface area is 184 Å². The molecule has 0 saturated heterocycles. The average molecular weight is 437 g/mol. The number of amides is 2. The molecule has 0 fully saturated rings. The number of hydrogen-bond acceptors (Lipinski definition) is 6. The fraction of sp³-hybridized carbons (Fsp3) is 0.348. The third-order valence-electron chi connectivity index (χ3n) is 6.22. The van der Waals surface area contributed by atoms with Crippen LogP contribution in [0.3, 0.4) is 0 Å². The molecule has 7 nitrogen and oxygen atoms in total. The Balaban J connectivity index is 1.58. The summed E-state index contributed by atoms with van der Waals surface area (Å²) in [6.07, 6.45) is 0.696. The molecule has 160 valence electrons. The van der Waals surface area contributed by atoms with E-state index in [4.69, 9.17) is 4.98 Å². The van der Waals surface area contributed by atoms with Crippen LogP contribution in [0.2, 0.25) is 0 Å². The summed E-state index contributed by atoms with van der Waals surface area (Å²) >= 11 is 1.51. The van der Waals surface area contributed by atoms with Crippen molar-refractivity contribution in [1.29, 1.82) is 0 Å². The van der Waals surface area contributed by atoms with Crippen molar-refractivity contribution in [2.24, 2.45) is 0 Å². The third kappa shape index (κ3) is 3.09. The average Bonchev–Trinajstić information content (AvgIpc) is 3.12. The first-order valence-electron chi connectivity index (χ1n) is 10.3. The van der Waals surface area contributed by atoms with Crippen molar-refractivity contribution in [3.63, 3.8) is 0 Å². The van der Waals surface area contributed by atoms with Gasteiger partial charge in [0.05, 0.1) is 24.2 Å². The fourth-order valence-electron chi connectivity index (χ4n) is 4.48. The summed E-state index contributed by atoms with van der Waals surface area (Å²) in [7, 11) is 3.42. The van der Waals surface area contributed by atoms with Crippen LogP contribution in [0, 0.1) is 6.92 Å². The number of likely N-dealkylation sites (N-methyl/N-ethyl adjacent to an activating group) is 2. The molecular formula is C23H24N4O3S. The monoisotopic (exact) mass is 436 g/mol. The van der Waals surface area contributed by atoms with Gasteiger partial charge in [0, 0.05) is 36.5 Å². The molecule has 1 aromatic carbocycles. The van der Waals surface area contributed by atoms with Crippen molar-refractivity contribution < 1.29 is 14.7 Å². The van der Waals surface area contributed by atoms with E-state index in [1.165, 1.54) is 16.2 Å². The number of aliphatic hydroxyl groups is 1. The van der Waals surface area contributed by atoms with Crippen molar-refractivity contribution in [2.45, 2.75) is 26.5 Å². The Morgan fingerprint density at radius 3 is 2.77 bits per heavy atom. The summed E-state index contributed by atoms with van der Waals surface area (Å²) in [6, 6.07) is 8.06. The molecule has 31 heavy (non-hydrogen) atoms. The number of aromatic nitrogens is 1. The topological polar surface area (TPSA) is 77.0 Å². The molecule has 5 rings (SSSR count). The van der Waals surface area contributed by atoms with Crippen molar-refractivity contribution in [3.05, 3.63) is 51.4 Å². The minimum Gasteiger partial charge on any atom is -0.392 e. The second kappa shape index (κ2) is 7.32. The van der Waals surface area contributed by atoms with Crippen molar-refractivity contribution in [2.75, 3.05) is 37.0 Å². The SMILES string of the molecule is Cc1cccc2cc(CO)c(N3CCc4c(sc5c4C(=O)N(C)CC(=O)N5C)C3)nc12. The summed E-state index contributed by atoms with van der Waals surface area (Å²) < 4.78 is 0. The predicted molar refractivity (Wildman–Crippen MR) is 122 cm³/mol. The number of pyridine rings is 1. The predicted octanol–water partition coefficient (Wildman–Crippen LogP) is 2.71. The summed E-state index contributed by atoms with van der Waals surface area (Å²) in [5.74, 6) is 0.611. The van der Waals surface area contributed by atoms with Gasteiger partial charge in [0.2, 0.25) is 5.91 Å². The van der Waals surface area contributed by atoms with Crippen LogP contribution >= 0.6 is 11.3 Å². The van der Waals surface area contributed by atoms with Gasteiger partial charge in [-0.25, -0.2) is 4.98 Å². The number of thiophene rings is 1. The molecule has 0 spiro atoms. The van der Waals surface area contributed by atoms with Crippen molar-refractivity contribution in [3.8, 4) is 0 Å². The Kier molecular flexibility index (Phi) is 4.71. The zero-order chi connectivity index (χ0) is 21.9. The lowest BCUT2D eigenvalue weighted by Gasteiger charge is -2.30. The van der Waals surface area contributed by atoms with E-state index in [2.05, 4.69) is 4.90 Å². The van der Waals surface area contributed by atoms with Crippen LogP contribution in [0.4, 0.5) is 10.8 Å². The van der Waals surface area contributed by atoms with Crippen LogP contribution in [0.25, 0.3) is 10.9 Å². The van der Waals surface area contributed by atoms with Gasteiger partial charge in [-0.05, 0) is 30.5 Å². The maximum absolute atomic E-state index is 13.0. The zero-order valence-electron chi connectivity index (χ0n) is 17.8. The Morgan fingerprint density at radius 2 is 2.00 bits per heavy atom. The zero-order valence-corrected chi connectivity index (χ0v) is 18.6. The smallest absolute Gasteiger partial charge is 0.257 e. The fourth-order valence-corrected chi connectivity index (χ4v) is 5.81. The number of fused-ring (bicyclic) bond motifs is 4. The number of hydrogen-bond donors (Lipinski definition) is 1. The van der Waals surface area contributed by atoms with Crippen molar-refractivity contribution in [1.82, 2.24) is 9.88 Å². The second-order valence-electron chi connectivity index (χ2n) is 8.25. The standard InChI is InChI=1S/C23H24N4O3S/c1-13-5-4-6-14-9-15(12-28)21(24-20(13)14)27-8-7-16-17(10-27)31-23-19(16)22(30)25(2)11-18(29)26(23)3/h4-6,9,28H,7-8,10-12H2,1-3H3. The van der Waals surface area contributed by atoms with Crippen LogP contribution in [-0.4, -0.2) is 54.0 Å². The number of anilines is 2. The van der Waals surface area contributed by atoms with E-state index < -0.39 is 0 Å². The Hall–Kier alpha value is -2.97. The molecule has 0 aliphatic carbocycles. The maximum atomic E-state index is 13.0. The van der Waals surface area contributed by atoms with E-state index in [1.807, 2.05) is 31.2 Å². The number of carbonyl (C=O) groups is 2. The molecule has 4 heterocycles. The van der Waals surface area contributed by atoms with Crippen LogP contribution in [0.15, 0.2) is 24.3 Å². The van der Waals surface area contributed by atoms with Crippen molar-refractivity contribution >= 4 is 44.9 Å². The quantitative estimate of drug-likeness (QED) is 0.669. The summed E-state index contributed by atoms with van der Waals surface area (Å²) in [5.41, 5.74) is 4.53. The van der Waals surface area contributed by atoms with Crippen LogP contribution < -0.4 is 9.80 Å². The van der Waals surface area contributed by atoms with Crippen LogP contribution in [-0.2, 0) is 24.4 Å². The van der Waals surface area contributed by atoms with Gasteiger partial charge in [-0.1, -0.05) is 18.2 Å². The summed E-state index contributed by atoms with van der Waals surface area (Å²) in [6.45, 7) is 3.35. The highest BCUT2D eigenvalue weighted by Crippen LogP contribution is 2.42. The highest BCUT2D eigenvalue weighted by atomic mass is 32.1. The first-order valence-corrected chi connectivity index (χ1v) is 11.1. The lowest BCUT2D eigenvalue weighted by Crippen LogP contribution is -2.36. The molecule has 2 aliphatic rings. The van der Waals surface area contributed by atoms with E-state index >= 15 is 0 Å². The number of aliphatic hydroxyl groups excluding tert-OH is 1. The molecule has 0 bridgehead atoms. The number of para-hydroxylation sites is 1. The minimum atomic E-state index is -0.0887. The normalized spacial score (nSPS) is 16.6. The molecule has 3 aromatic rings. The highest BCUT2D eigenvalue weighted by molar-refractivity contribution is 7.17. The lowest BCUT2D eigenvalue weighted by molar-refractivity contribution is -0.118. The molecule has 0 saturated carbocycles. The summed E-state index contributed by atoms with van der Waals surface area (Å²) in [5, 5.41) is 11.8. The Bertz CT molecular complexity index is 1240. The number of aryl methyl sites for hydroxylation is 1. The molecule has 2 aliphatic heterocycles. The first kappa shape index (κ1) is 20.0. The van der Waals surface area contributed by atoms with E-state index in [1.54, 1.807) is 19.0 Å². The van der Waals surface area contributed by atoms with Gasteiger partial charge in [-0.2, -0.15) is 0 Å². The van der Waals surface area contributed by atoms with Gasteiger partial charge in [0.25, 0.3) is 5.91 Å². The molecule has 2 aromatic heterocycles. The molecule has 8 heteroatoms. The highest BCUT2D eigenvalue weighted by Gasteiger charge is 2.35. The Morgan fingerprint density at radius 1 is 1.19 bits per heavy atom. The maximum Gasteiger partial charge on any atom is 0.257 e. The van der Waals surface area contributed by atoms with Gasteiger partial charge < -0.3 is 19.8 Å². The number of carbonyl (C=O) groups excluding carboxylic acids is 2. The third-order valence-corrected chi connectivity index (χ3v) is 7.52. The molecule has 2 amide bonds. The van der Waals surface area contributed by atoms with Gasteiger partial charge in [-0.15, -0.1) is 11.3 Å². The molecule has 0 atom stereocenters. The van der Waals surface area contributed by atoms with E-state index in [-0.39, 0.29) is 25.0 Å². The second-order valence-corrected chi connectivity index (χ2v) is 9.33. The van der Waals surface area contributed by atoms with Gasteiger partial charge in [0.1, 0.15) is 17.4 Å². The molecule has 0 unspecified atom stereocenters.